The molecule has 1 fully saturated rings. The highest BCUT2D eigenvalue weighted by molar-refractivity contribution is 7.82. The number of ether oxygens (including phenoxy) is 1. The average molecular weight is 453 g/mol. The first-order valence-electron chi connectivity index (χ1n) is 9.89. The summed E-state index contributed by atoms with van der Waals surface area (Å²) in [5.74, 6) is -0.0401. The number of piperidine rings is 1. The van der Waals surface area contributed by atoms with Gasteiger partial charge in [0, 0.05) is 24.7 Å². The Morgan fingerprint density at radius 2 is 1.93 bits per heavy atom. The molecule has 0 bridgehead atoms. The van der Waals surface area contributed by atoms with Crippen LogP contribution in [0.25, 0.3) is 0 Å². The summed E-state index contributed by atoms with van der Waals surface area (Å²) in [4.78, 5) is 16.0. The Morgan fingerprint density at radius 1 is 1.33 bits per heavy atom. The molecule has 0 aromatic heterocycles. The largest absolute Gasteiger partial charge is 0.369 e. The third-order valence-electron chi connectivity index (χ3n) is 4.36. The van der Waals surface area contributed by atoms with E-state index in [0.29, 0.717) is 10.6 Å². The number of hydrogen-bond donors (Lipinski definition) is 0. The Hall–Kier alpha value is -1.78. The maximum Gasteiger partial charge on any atom is 0.183 e. The molecule has 1 aliphatic heterocycles. The number of halogens is 1. The SMILES string of the molecule is C#C.C/C=C(\C)C(=O)COCc1cc(S(=O)N2CCCCC2)ccc1Cl.C=NCC. The van der Waals surface area contributed by atoms with Crippen molar-refractivity contribution in [3.63, 3.8) is 0 Å². The summed E-state index contributed by atoms with van der Waals surface area (Å²) >= 11 is 6.20. The van der Waals surface area contributed by atoms with Gasteiger partial charge in [-0.2, -0.15) is 0 Å². The number of hydrogen-bond acceptors (Lipinski definition) is 4. The topological polar surface area (TPSA) is 59.0 Å². The van der Waals surface area contributed by atoms with Crippen molar-refractivity contribution in [1.82, 2.24) is 4.31 Å². The Kier molecular flexibility index (Phi) is 16.0. The third kappa shape index (κ3) is 10.3. The van der Waals surface area contributed by atoms with Crippen LogP contribution in [0, 0.1) is 12.8 Å². The summed E-state index contributed by atoms with van der Waals surface area (Å²) in [5.41, 5.74) is 1.44. The van der Waals surface area contributed by atoms with E-state index in [1.54, 1.807) is 25.1 Å². The molecule has 0 saturated carbocycles. The number of nitrogens with zero attached hydrogens (tertiary/aromatic N) is 2. The Morgan fingerprint density at radius 3 is 2.47 bits per heavy atom. The second kappa shape index (κ2) is 17.0. The highest BCUT2D eigenvalue weighted by Crippen LogP contribution is 2.23. The molecule has 1 aromatic carbocycles. The maximum atomic E-state index is 12.7. The van der Waals surface area contributed by atoms with E-state index in [-0.39, 0.29) is 19.0 Å². The molecule has 30 heavy (non-hydrogen) atoms. The fourth-order valence-electron chi connectivity index (χ4n) is 2.48. The standard InChI is InChI=1S/C18H24ClNO3S.C3H7N.C2H2/c1-3-14(2)18(21)13-23-12-15-11-16(7-8-17(15)19)24(22)20-9-5-4-6-10-20;1-3-4-2;1-2/h3,7-8,11H,4-6,9-10,12-13H2,1-2H3;2-3H2,1H3;1-2H/b14-3+;;. The summed E-state index contributed by atoms with van der Waals surface area (Å²) in [6, 6.07) is 5.36. The number of Topliss-reactive ketones (excluding diaryl/α,β-unsaturated/α-hetero) is 1. The number of benzene rings is 1. The molecule has 1 aliphatic rings. The Balaban J connectivity index is 0.00000125. The van der Waals surface area contributed by atoms with Gasteiger partial charge in [0.1, 0.15) is 17.6 Å². The van der Waals surface area contributed by atoms with Gasteiger partial charge in [-0.3, -0.25) is 4.79 Å². The van der Waals surface area contributed by atoms with Gasteiger partial charge in [0.2, 0.25) is 0 Å². The van der Waals surface area contributed by atoms with Crippen molar-refractivity contribution in [1.29, 1.82) is 0 Å². The van der Waals surface area contributed by atoms with Crippen LogP contribution in [0.5, 0.6) is 0 Å². The van der Waals surface area contributed by atoms with Gasteiger partial charge >= 0.3 is 0 Å². The summed E-state index contributed by atoms with van der Waals surface area (Å²) in [6.45, 7) is 11.6. The predicted molar refractivity (Wildman–Crippen MR) is 127 cm³/mol. The van der Waals surface area contributed by atoms with Crippen molar-refractivity contribution >= 4 is 35.1 Å². The van der Waals surface area contributed by atoms with Gasteiger partial charge in [-0.15, -0.1) is 12.8 Å². The van der Waals surface area contributed by atoms with Crippen LogP contribution in [0.1, 0.15) is 45.6 Å². The second-order valence-electron chi connectivity index (χ2n) is 6.42. The van der Waals surface area contributed by atoms with Gasteiger partial charge in [0.05, 0.1) is 11.5 Å². The van der Waals surface area contributed by atoms with Crippen molar-refractivity contribution in [3.8, 4) is 12.8 Å². The van der Waals surface area contributed by atoms with Crippen LogP contribution in [0.3, 0.4) is 0 Å². The molecule has 166 valence electrons. The molecule has 5 nitrogen and oxygen atoms in total. The molecule has 0 amide bonds. The Labute approximate surface area is 189 Å². The minimum Gasteiger partial charge on any atom is -0.369 e. The summed E-state index contributed by atoms with van der Waals surface area (Å²) in [6.07, 6.45) is 13.1. The minimum atomic E-state index is -1.17. The number of allylic oxidation sites excluding steroid dienone is 1. The van der Waals surface area contributed by atoms with Gasteiger partial charge in [-0.05, 0) is 69.7 Å². The van der Waals surface area contributed by atoms with Crippen molar-refractivity contribution in [2.75, 3.05) is 26.2 Å². The lowest BCUT2D eigenvalue weighted by Gasteiger charge is -2.25. The van der Waals surface area contributed by atoms with Crippen LogP contribution < -0.4 is 0 Å². The van der Waals surface area contributed by atoms with Crippen LogP contribution in [0.4, 0.5) is 0 Å². The number of aliphatic imine (C=N–C) groups is 1. The maximum absolute atomic E-state index is 12.7. The van der Waals surface area contributed by atoms with Gasteiger partial charge < -0.3 is 9.73 Å². The van der Waals surface area contributed by atoms with E-state index < -0.39 is 11.0 Å². The van der Waals surface area contributed by atoms with E-state index in [1.165, 1.54) is 6.42 Å². The van der Waals surface area contributed by atoms with Crippen LogP contribution in [0.15, 0.2) is 39.7 Å². The molecule has 0 spiro atoms. The van der Waals surface area contributed by atoms with Gasteiger partial charge in [-0.1, -0.05) is 24.1 Å². The van der Waals surface area contributed by atoms with E-state index in [9.17, 15) is 9.00 Å². The van der Waals surface area contributed by atoms with E-state index >= 15 is 0 Å². The zero-order valence-corrected chi connectivity index (χ0v) is 19.8. The number of ketones is 1. The molecular formula is C23H33ClN2O3S. The fraction of sp³-hybridized carbons (Fsp3) is 0.478. The first kappa shape index (κ1) is 28.2. The minimum absolute atomic E-state index is 0.0198. The monoisotopic (exact) mass is 452 g/mol. The molecule has 1 unspecified atom stereocenters. The van der Waals surface area contributed by atoms with Gasteiger partial charge in [0.15, 0.2) is 5.78 Å². The lowest BCUT2D eigenvalue weighted by atomic mass is 10.2. The number of carbonyl (C=O) groups excluding carboxylic acids is 1. The lowest BCUT2D eigenvalue weighted by Crippen LogP contribution is -2.31. The van der Waals surface area contributed by atoms with E-state index in [2.05, 4.69) is 24.6 Å². The highest BCUT2D eigenvalue weighted by Gasteiger charge is 2.18. The van der Waals surface area contributed by atoms with E-state index in [4.69, 9.17) is 16.3 Å². The van der Waals surface area contributed by atoms with Crippen molar-refractivity contribution in [2.24, 2.45) is 4.99 Å². The lowest BCUT2D eigenvalue weighted by molar-refractivity contribution is -0.120. The zero-order chi connectivity index (χ0) is 22.9. The second-order valence-corrected chi connectivity index (χ2v) is 8.31. The quantitative estimate of drug-likeness (QED) is 0.321. The van der Waals surface area contributed by atoms with Crippen molar-refractivity contribution in [3.05, 3.63) is 40.4 Å². The highest BCUT2D eigenvalue weighted by atomic mass is 35.5. The van der Waals surface area contributed by atoms with Crippen LogP contribution in [-0.2, 0) is 27.1 Å². The molecule has 2 rings (SSSR count). The zero-order valence-electron chi connectivity index (χ0n) is 18.2. The molecule has 0 aliphatic carbocycles. The van der Waals surface area contributed by atoms with Crippen LogP contribution in [-0.4, -0.2) is 47.3 Å². The van der Waals surface area contributed by atoms with Gasteiger partial charge in [0.25, 0.3) is 0 Å². The third-order valence-corrected chi connectivity index (χ3v) is 6.22. The first-order chi connectivity index (χ1) is 14.4. The molecule has 0 radical (unpaired) electrons. The molecule has 1 saturated heterocycles. The summed E-state index contributed by atoms with van der Waals surface area (Å²) < 4.78 is 20.1. The summed E-state index contributed by atoms with van der Waals surface area (Å²) in [7, 11) is -1.17. The molecule has 1 atom stereocenters. The number of terminal acetylenes is 1. The molecule has 0 N–H and O–H groups in total. The first-order valence-corrected chi connectivity index (χ1v) is 11.4. The molecule has 1 heterocycles. The molecule has 1 aromatic rings. The van der Waals surface area contributed by atoms with Crippen molar-refractivity contribution < 1.29 is 13.7 Å². The van der Waals surface area contributed by atoms with Gasteiger partial charge in [-0.25, -0.2) is 8.51 Å². The summed E-state index contributed by atoms with van der Waals surface area (Å²) in [5, 5.41) is 0.560. The number of carbonyl (C=O) groups is 1. The normalized spacial score (nSPS) is 15.1. The Bertz CT molecular complexity index is 741. The van der Waals surface area contributed by atoms with E-state index in [1.807, 2.05) is 24.2 Å². The average Bonchev–Trinajstić information content (AvgIpc) is 2.81. The van der Waals surface area contributed by atoms with Crippen LogP contribution in [0.2, 0.25) is 5.02 Å². The van der Waals surface area contributed by atoms with Crippen molar-refractivity contribution in [2.45, 2.75) is 51.5 Å². The smallest absolute Gasteiger partial charge is 0.183 e. The predicted octanol–water partition coefficient (Wildman–Crippen LogP) is 4.86. The van der Waals surface area contributed by atoms with E-state index in [0.717, 1.165) is 42.9 Å². The molecular weight excluding hydrogens is 420 g/mol. The van der Waals surface area contributed by atoms with Crippen LogP contribution >= 0.6 is 11.6 Å². The fourth-order valence-corrected chi connectivity index (χ4v) is 3.97. The molecule has 7 heteroatoms. The number of rotatable bonds is 8.